The maximum Gasteiger partial charge on any atom is 0.115 e. The van der Waals surface area contributed by atoms with Crippen LogP contribution in [0, 0.1) is 0 Å². The van der Waals surface area contributed by atoms with Crippen molar-refractivity contribution in [2.24, 2.45) is 0 Å². The van der Waals surface area contributed by atoms with Crippen molar-refractivity contribution in [3.05, 3.63) is 29.8 Å². The van der Waals surface area contributed by atoms with Gasteiger partial charge in [-0.15, -0.1) is 11.7 Å². The highest BCUT2D eigenvalue weighted by Gasteiger charge is 2.02. The van der Waals surface area contributed by atoms with Crippen LogP contribution in [0.1, 0.15) is 17.7 Å². The average Bonchev–Trinajstić information content (AvgIpc) is 2.05. The second-order valence-electron chi connectivity index (χ2n) is 2.34. The minimum Gasteiger partial charge on any atom is -0.508 e. The van der Waals surface area contributed by atoms with Crippen molar-refractivity contribution in [3.8, 4) is 5.75 Å². The first-order chi connectivity index (χ1) is 5.24. The summed E-state index contributed by atoms with van der Waals surface area (Å²) in [5.74, 6) is 0.310. The summed E-state index contributed by atoms with van der Waals surface area (Å²) in [6.07, 6.45) is 0. The Morgan fingerprint density at radius 3 is 2.36 bits per heavy atom. The predicted octanol–water partition coefficient (Wildman–Crippen LogP) is 3.03. The molecule has 1 nitrogen and oxygen atoms in total. The zero-order valence-corrected chi connectivity index (χ0v) is 7.90. The molecule has 1 aromatic carbocycles. The molecule has 60 valence electrons. The fraction of sp³-hybridized carbons (Fsp3) is 0.250. The third-order valence-corrected chi connectivity index (χ3v) is 3.06. The van der Waals surface area contributed by atoms with E-state index in [4.69, 9.17) is 5.11 Å². The highest BCUT2D eigenvalue weighted by Crippen LogP contribution is 2.31. The molecule has 0 aliphatic heterocycles. The second-order valence-corrected chi connectivity index (χ2v) is 3.89. The van der Waals surface area contributed by atoms with Gasteiger partial charge in [-0.2, -0.15) is 0 Å². The van der Waals surface area contributed by atoms with Gasteiger partial charge in [-0.3, -0.25) is 0 Å². The average molecular weight is 186 g/mol. The Bertz CT molecular complexity index is 220. The van der Waals surface area contributed by atoms with Crippen LogP contribution < -0.4 is 0 Å². The molecule has 0 aliphatic rings. The monoisotopic (exact) mass is 186 g/mol. The molecule has 3 heteroatoms. The molecule has 11 heavy (non-hydrogen) atoms. The summed E-state index contributed by atoms with van der Waals surface area (Å²) < 4.78 is 0. The minimum absolute atomic E-state index is 0.310. The van der Waals surface area contributed by atoms with Gasteiger partial charge in [0.05, 0.1) is 0 Å². The zero-order chi connectivity index (χ0) is 8.27. The fourth-order valence-corrected chi connectivity index (χ4v) is 1.45. The van der Waals surface area contributed by atoms with Gasteiger partial charge >= 0.3 is 0 Å². The van der Waals surface area contributed by atoms with Gasteiger partial charge in [-0.1, -0.05) is 22.9 Å². The SMILES string of the molecule is CC(SS)c1ccc(O)cc1. The molecule has 0 saturated heterocycles. The maximum atomic E-state index is 8.99. The first-order valence-corrected chi connectivity index (χ1v) is 5.26. The second kappa shape index (κ2) is 3.93. The van der Waals surface area contributed by atoms with Gasteiger partial charge in [0.15, 0.2) is 0 Å². The molecular formula is C8H10OS2. The topological polar surface area (TPSA) is 20.2 Å². The lowest BCUT2D eigenvalue weighted by atomic mass is 10.2. The van der Waals surface area contributed by atoms with E-state index in [1.165, 1.54) is 16.4 Å². The van der Waals surface area contributed by atoms with Gasteiger partial charge in [0.2, 0.25) is 0 Å². The molecule has 0 heterocycles. The number of phenols is 1. The molecule has 0 spiro atoms. The lowest BCUT2D eigenvalue weighted by Crippen LogP contribution is -1.83. The van der Waals surface area contributed by atoms with Crippen LogP contribution in [-0.2, 0) is 0 Å². The number of hydrogen-bond donors (Lipinski definition) is 2. The quantitative estimate of drug-likeness (QED) is 0.547. The van der Waals surface area contributed by atoms with Crippen LogP contribution in [-0.4, -0.2) is 5.11 Å². The molecular weight excluding hydrogens is 176 g/mol. The van der Waals surface area contributed by atoms with Gasteiger partial charge in [0.1, 0.15) is 5.75 Å². The minimum atomic E-state index is 0.310. The van der Waals surface area contributed by atoms with E-state index in [0.29, 0.717) is 11.0 Å². The molecule has 1 unspecified atom stereocenters. The van der Waals surface area contributed by atoms with E-state index in [0.717, 1.165) is 0 Å². The van der Waals surface area contributed by atoms with Crippen molar-refractivity contribution in [1.29, 1.82) is 0 Å². The lowest BCUT2D eigenvalue weighted by molar-refractivity contribution is 0.475. The van der Waals surface area contributed by atoms with Crippen LogP contribution in [0.5, 0.6) is 5.75 Å². The number of benzene rings is 1. The zero-order valence-electron chi connectivity index (χ0n) is 6.19. The summed E-state index contributed by atoms with van der Waals surface area (Å²) >= 11 is 4.11. The van der Waals surface area contributed by atoms with E-state index in [1.54, 1.807) is 12.1 Å². The van der Waals surface area contributed by atoms with Gasteiger partial charge in [-0.05, 0) is 24.6 Å². The Morgan fingerprint density at radius 1 is 1.36 bits per heavy atom. The molecule has 1 atom stereocenters. The van der Waals surface area contributed by atoms with E-state index >= 15 is 0 Å². The van der Waals surface area contributed by atoms with E-state index in [-0.39, 0.29) is 0 Å². The number of phenolic OH excluding ortho intramolecular Hbond substituents is 1. The highest BCUT2D eigenvalue weighted by atomic mass is 33.1. The molecule has 1 aromatic rings. The highest BCUT2D eigenvalue weighted by molar-refractivity contribution is 8.68. The fourth-order valence-electron chi connectivity index (χ4n) is 0.806. The van der Waals surface area contributed by atoms with E-state index in [1.807, 2.05) is 12.1 Å². The third kappa shape index (κ3) is 2.34. The first kappa shape index (κ1) is 8.81. The van der Waals surface area contributed by atoms with Crippen LogP contribution >= 0.6 is 22.5 Å². The van der Waals surface area contributed by atoms with Crippen LogP contribution in [0.2, 0.25) is 0 Å². The molecule has 0 fully saturated rings. The van der Waals surface area contributed by atoms with Crippen molar-refractivity contribution >= 4 is 22.5 Å². The number of aromatic hydroxyl groups is 1. The van der Waals surface area contributed by atoms with Crippen molar-refractivity contribution in [2.75, 3.05) is 0 Å². The molecule has 1 rings (SSSR count). The predicted molar refractivity (Wildman–Crippen MR) is 53.1 cm³/mol. The Morgan fingerprint density at radius 2 is 1.91 bits per heavy atom. The summed E-state index contributed by atoms with van der Waals surface area (Å²) in [6.45, 7) is 2.07. The smallest absolute Gasteiger partial charge is 0.115 e. The van der Waals surface area contributed by atoms with Crippen LogP contribution in [0.3, 0.4) is 0 Å². The molecule has 0 bridgehead atoms. The number of thiol groups is 1. The van der Waals surface area contributed by atoms with Gasteiger partial charge in [0, 0.05) is 5.25 Å². The molecule has 0 amide bonds. The standard InChI is InChI=1S/C8H10OS2/c1-6(11-10)7-2-4-8(9)5-3-7/h2-6,9-10H,1H3. The third-order valence-electron chi connectivity index (χ3n) is 1.52. The van der Waals surface area contributed by atoms with Crippen molar-refractivity contribution in [1.82, 2.24) is 0 Å². The summed E-state index contributed by atoms with van der Waals surface area (Å²) in [5, 5.41) is 9.36. The van der Waals surface area contributed by atoms with E-state index in [2.05, 4.69) is 18.6 Å². The molecule has 0 aromatic heterocycles. The normalized spacial score (nSPS) is 12.9. The molecule has 0 aliphatic carbocycles. The van der Waals surface area contributed by atoms with Gasteiger partial charge in [0.25, 0.3) is 0 Å². The lowest BCUT2D eigenvalue weighted by Gasteiger charge is -2.06. The van der Waals surface area contributed by atoms with Crippen molar-refractivity contribution < 1.29 is 5.11 Å². The Balaban J connectivity index is 2.81. The van der Waals surface area contributed by atoms with Crippen LogP contribution in [0.25, 0.3) is 0 Å². The molecule has 0 radical (unpaired) electrons. The van der Waals surface area contributed by atoms with Crippen LogP contribution in [0.15, 0.2) is 24.3 Å². The van der Waals surface area contributed by atoms with Crippen LogP contribution in [0.4, 0.5) is 0 Å². The Kier molecular flexibility index (Phi) is 3.15. The first-order valence-electron chi connectivity index (χ1n) is 3.33. The van der Waals surface area contributed by atoms with Crippen molar-refractivity contribution in [3.63, 3.8) is 0 Å². The molecule has 1 N–H and O–H groups in total. The Labute approximate surface area is 75.6 Å². The number of hydrogen-bond acceptors (Lipinski definition) is 3. The van der Waals surface area contributed by atoms with E-state index in [9.17, 15) is 0 Å². The van der Waals surface area contributed by atoms with Gasteiger partial charge < -0.3 is 5.11 Å². The van der Waals surface area contributed by atoms with Gasteiger partial charge in [-0.25, -0.2) is 0 Å². The maximum absolute atomic E-state index is 8.99. The summed E-state index contributed by atoms with van der Waals surface area (Å²) in [4.78, 5) is 0. The summed E-state index contributed by atoms with van der Waals surface area (Å²) in [6, 6.07) is 7.19. The largest absolute Gasteiger partial charge is 0.508 e. The Hall–Kier alpha value is -0.280. The van der Waals surface area contributed by atoms with Crippen molar-refractivity contribution in [2.45, 2.75) is 12.2 Å². The molecule has 0 saturated carbocycles. The number of rotatable bonds is 2. The van der Waals surface area contributed by atoms with E-state index < -0.39 is 0 Å². The summed E-state index contributed by atoms with van der Waals surface area (Å²) in [7, 11) is 1.50. The summed E-state index contributed by atoms with van der Waals surface area (Å²) in [5.41, 5.74) is 1.18.